The summed E-state index contributed by atoms with van der Waals surface area (Å²) in [6.45, 7) is 0.562. The second kappa shape index (κ2) is 1.29. The molecule has 0 aromatic rings. The first-order valence-corrected chi connectivity index (χ1v) is 2.93. The number of nitrogens with zero attached hydrogens (tertiary/aromatic N) is 1. The van der Waals surface area contributed by atoms with Crippen LogP contribution in [0.5, 0.6) is 0 Å². The van der Waals surface area contributed by atoms with Crippen molar-refractivity contribution in [2.45, 2.75) is 0 Å². The lowest BCUT2D eigenvalue weighted by atomic mass is 10.8. The van der Waals surface area contributed by atoms with E-state index < -0.39 is 11.0 Å². The Kier molecular flexibility index (Phi) is 0.910. The van der Waals surface area contributed by atoms with Crippen molar-refractivity contribution in [3.63, 3.8) is 0 Å². The molecule has 0 radical (unpaired) electrons. The van der Waals surface area contributed by atoms with Gasteiger partial charge in [-0.05, 0) is 0 Å². The molecule has 1 rings (SSSR count). The molecule has 36 valence electrons. The molecule has 1 aliphatic rings. The van der Waals surface area contributed by atoms with E-state index in [9.17, 15) is 4.21 Å². The Balaban J connectivity index is 2.39. The minimum Gasteiger partial charge on any atom is -0.301 e. The van der Waals surface area contributed by atoms with Crippen molar-refractivity contribution in [1.29, 1.82) is 0 Å². The fraction of sp³-hybridized carbons (Fsp3) is 1.00. The molecule has 0 aromatic heterocycles. The quantitative estimate of drug-likeness (QED) is 0.447. The fourth-order valence-electron chi connectivity index (χ4n) is 0.247. The van der Waals surface area contributed by atoms with Crippen LogP contribution in [-0.2, 0) is 11.0 Å². The molecule has 1 unspecified atom stereocenters. The Labute approximate surface area is 38.1 Å². The molecule has 1 fully saturated rings. The van der Waals surface area contributed by atoms with E-state index in [2.05, 4.69) is 0 Å². The fourth-order valence-corrected chi connectivity index (χ4v) is 0.742. The van der Waals surface area contributed by atoms with Gasteiger partial charge in [0, 0.05) is 0 Å². The highest BCUT2D eigenvalue weighted by Gasteiger charge is 2.19. The Hall–Kier alpha value is 0.0700. The van der Waals surface area contributed by atoms with Gasteiger partial charge >= 0.3 is 0 Å². The Morgan fingerprint density at radius 3 is 2.33 bits per heavy atom. The van der Waals surface area contributed by atoms with Gasteiger partial charge in [-0.15, -0.1) is 4.47 Å². The van der Waals surface area contributed by atoms with Gasteiger partial charge in [0.2, 0.25) is 0 Å². The lowest BCUT2D eigenvalue weighted by Crippen LogP contribution is -2.39. The average molecular weight is 107 g/mol. The summed E-state index contributed by atoms with van der Waals surface area (Å²) in [5.41, 5.74) is 0. The molecule has 0 bridgehead atoms. The third-order valence-corrected chi connectivity index (χ3v) is 1.88. The van der Waals surface area contributed by atoms with Gasteiger partial charge in [0.25, 0.3) is 0 Å². The second-order valence-electron chi connectivity index (χ2n) is 1.10. The van der Waals surface area contributed by atoms with Gasteiger partial charge in [0.05, 0.1) is 12.3 Å². The monoisotopic (exact) mass is 107 g/mol. The third kappa shape index (κ3) is 0.466. The minimum absolute atomic E-state index is 0.562. The molecule has 1 aliphatic heterocycles. The minimum atomic E-state index is -1.05. The third-order valence-electron chi connectivity index (χ3n) is 0.692. The van der Waals surface area contributed by atoms with Crippen molar-refractivity contribution < 1.29 is 9.42 Å². The maximum atomic E-state index is 10.0. The van der Waals surface area contributed by atoms with E-state index in [1.165, 1.54) is 0 Å². The standard InChI is InChI=1S/C2H5NO2S/c4-3-1-2-6(3)5/h4H,1-2H2. The largest absolute Gasteiger partial charge is 0.301 e. The van der Waals surface area contributed by atoms with Crippen LogP contribution in [0.1, 0.15) is 0 Å². The highest BCUT2D eigenvalue weighted by Crippen LogP contribution is 2.00. The highest BCUT2D eigenvalue weighted by molar-refractivity contribution is 7.83. The molecule has 0 amide bonds. The lowest BCUT2D eigenvalue weighted by molar-refractivity contribution is -0.000873. The van der Waals surface area contributed by atoms with Gasteiger partial charge in [-0.1, -0.05) is 0 Å². The van der Waals surface area contributed by atoms with E-state index in [0.717, 1.165) is 4.47 Å². The summed E-state index contributed by atoms with van der Waals surface area (Å²) < 4.78 is 10.8. The van der Waals surface area contributed by atoms with Crippen LogP contribution in [0.2, 0.25) is 0 Å². The van der Waals surface area contributed by atoms with Crippen LogP contribution in [-0.4, -0.2) is 26.2 Å². The summed E-state index contributed by atoms with van der Waals surface area (Å²) in [6.07, 6.45) is 0. The van der Waals surface area contributed by atoms with Crippen LogP contribution in [0.25, 0.3) is 0 Å². The van der Waals surface area contributed by atoms with E-state index in [-0.39, 0.29) is 0 Å². The van der Waals surface area contributed by atoms with E-state index >= 15 is 0 Å². The normalized spacial score (nSPS) is 35.8. The van der Waals surface area contributed by atoms with Gasteiger partial charge in [-0.3, -0.25) is 0 Å². The molecule has 6 heavy (non-hydrogen) atoms. The summed E-state index contributed by atoms with van der Waals surface area (Å²) in [6, 6.07) is 0. The maximum absolute atomic E-state index is 10.0. The van der Waals surface area contributed by atoms with Crippen LogP contribution in [0.4, 0.5) is 0 Å². The van der Waals surface area contributed by atoms with Crippen molar-refractivity contribution in [2.24, 2.45) is 0 Å². The van der Waals surface area contributed by atoms with Crippen LogP contribution < -0.4 is 0 Å². The Bertz CT molecular complexity index is 83.6. The van der Waals surface area contributed by atoms with Gasteiger partial charge < -0.3 is 5.21 Å². The van der Waals surface area contributed by atoms with Crippen molar-refractivity contribution in [1.82, 2.24) is 4.47 Å². The number of hydroxylamine groups is 1. The second-order valence-corrected chi connectivity index (χ2v) is 2.57. The molecule has 0 aromatic carbocycles. The highest BCUT2D eigenvalue weighted by atomic mass is 32.2. The van der Waals surface area contributed by atoms with Crippen LogP contribution in [0.15, 0.2) is 0 Å². The Morgan fingerprint density at radius 1 is 1.83 bits per heavy atom. The van der Waals surface area contributed by atoms with Crippen molar-refractivity contribution in [3.8, 4) is 0 Å². The van der Waals surface area contributed by atoms with Crippen molar-refractivity contribution in [3.05, 3.63) is 0 Å². The zero-order valence-corrected chi connectivity index (χ0v) is 3.94. The van der Waals surface area contributed by atoms with Crippen LogP contribution in [0.3, 0.4) is 0 Å². The molecular weight excluding hydrogens is 102 g/mol. The molecule has 4 heteroatoms. The molecule has 1 N–H and O–H groups in total. The first-order chi connectivity index (χ1) is 2.80. The number of hydrogen-bond acceptors (Lipinski definition) is 2. The summed E-state index contributed by atoms with van der Waals surface area (Å²) in [7, 11) is -1.05. The van der Waals surface area contributed by atoms with Crippen molar-refractivity contribution >= 4 is 11.0 Å². The number of hydrogen-bond donors (Lipinski definition) is 1. The summed E-state index contributed by atoms with van der Waals surface area (Å²) in [5, 5.41) is 8.25. The summed E-state index contributed by atoms with van der Waals surface area (Å²) in [4.78, 5) is 0. The zero-order valence-electron chi connectivity index (χ0n) is 3.13. The molecule has 1 atom stereocenters. The van der Waals surface area contributed by atoms with Gasteiger partial charge in [0.15, 0.2) is 0 Å². The van der Waals surface area contributed by atoms with Crippen LogP contribution in [0, 0.1) is 0 Å². The molecule has 1 saturated heterocycles. The van der Waals surface area contributed by atoms with Gasteiger partial charge in [-0.2, -0.15) is 0 Å². The topological polar surface area (TPSA) is 40.5 Å². The predicted octanol–water partition coefficient (Wildman–Crippen LogP) is -0.645. The molecule has 3 nitrogen and oxygen atoms in total. The lowest BCUT2D eigenvalue weighted by Gasteiger charge is -2.20. The molecule has 1 heterocycles. The zero-order chi connectivity index (χ0) is 4.57. The van der Waals surface area contributed by atoms with E-state index in [4.69, 9.17) is 5.21 Å². The first-order valence-electron chi connectivity index (χ1n) is 1.65. The number of rotatable bonds is 0. The Morgan fingerprint density at radius 2 is 2.33 bits per heavy atom. The van der Waals surface area contributed by atoms with Crippen molar-refractivity contribution in [2.75, 3.05) is 12.3 Å². The van der Waals surface area contributed by atoms with Gasteiger partial charge in [0.1, 0.15) is 11.0 Å². The van der Waals surface area contributed by atoms with E-state index in [1.54, 1.807) is 0 Å². The average Bonchev–Trinajstić information content (AvgIpc) is 1.61. The van der Waals surface area contributed by atoms with E-state index in [0.29, 0.717) is 12.3 Å². The molecule has 0 saturated carbocycles. The van der Waals surface area contributed by atoms with Crippen LogP contribution >= 0.6 is 0 Å². The first kappa shape index (κ1) is 4.23. The molecular formula is C2H5NO2S. The molecule has 0 spiro atoms. The smallest absolute Gasteiger partial charge is 0.119 e. The van der Waals surface area contributed by atoms with Gasteiger partial charge in [-0.25, -0.2) is 4.21 Å². The van der Waals surface area contributed by atoms with E-state index in [1.807, 2.05) is 0 Å². The summed E-state index contributed by atoms with van der Waals surface area (Å²) in [5.74, 6) is 0.622. The predicted molar refractivity (Wildman–Crippen MR) is 21.5 cm³/mol. The SMILES string of the molecule is O=S1CCN1O. The maximum Gasteiger partial charge on any atom is 0.119 e. The summed E-state index contributed by atoms with van der Waals surface area (Å²) >= 11 is 0. The molecule has 0 aliphatic carbocycles.